The Morgan fingerprint density at radius 1 is 1.15 bits per heavy atom. The molecule has 12 heteroatoms. The van der Waals surface area contributed by atoms with Crippen molar-refractivity contribution in [3.63, 3.8) is 0 Å². The number of carbonyl (C=O) groups is 1. The lowest BCUT2D eigenvalue weighted by Gasteiger charge is -2.15. The number of thiazole rings is 1. The second kappa shape index (κ2) is 8.78. The van der Waals surface area contributed by atoms with Crippen molar-refractivity contribution in [3.05, 3.63) is 53.9 Å². The van der Waals surface area contributed by atoms with Crippen LogP contribution in [-0.4, -0.2) is 58.8 Å². The van der Waals surface area contributed by atoms with E-state index >= 15 is 0 Å². The van der Waals surface area contributed by atoms with Gasteiger partial charge in [0.15, 0.2) is 10.8 Å². The number of sulfonamides is 1. The van der Waals surface area contributed by atoms with Crippen LogP contribution in [0.4, 0.5) is 5.13 Å². The maximum Gasteiger partial charge on any atom is 0.279 e. The number of nitrogens with one attached hydrogen (secondary N) is 1. The molecule has 1 aliphatic rings. The van der Waals surface area contributed by atoms with Crippen LogP contribution in [0.5, 0.6) is 5.75 Å². The number of nitrogens with zero attached hydrogens (tertiary/aromatic N) is 5. The van der Waals surface area contributed by atoms with Gasteiger partial charge in [-0.15, -0.1) is 5.10 Å². The van der Waals surface area contributed by atoms with Crippen molar-refractivity contribution in [1.82, 2.24) is 24.3 Å². The molecule has 5 rings (SSSR count). The van der Waals surface area contributed by atoms with Gasteiger partial charge in [-0.1, -0.05) is 22.6 Å². The van der Waals surface area contributed by atoms with Gasteiger partial charge in [0.2, 0.25) is 10.0 Å². The molecule has 10 nitrogen and oxygen atoms in total. The number of hydrogen-bond acceptors (Lipinski definition) is 8. The molecular formula is C22H22N6O4S2. The predicted octanol–water partition coefficient (Wildman–Crippen LogP) is 3.23. The van der Waals surface area contributed by atoms with Crippen molar-refractivity contribution in [3.8, 4) is 11.4 Å². The Bertz CT molecular complexity index is 1490. The summed E-state index contributed by atoms with van der Waals surface area (Å²) in [4.78, 5) is 17.6. The van der Waals surface area contributed by atoms with E-state index in [0.717, 1.165) is 18.5 Å². The molecule has 0 aliphatic carbocycles. The molecule has 3 heterocycles. The Hall–Kier alpha value is -3.35. The second-order valence-electron chi connectivity index (χ2n) is 7.85. The van der Waals surface area contributed by atoms with Gasteiger partial charge >= 0.3 is 0 Å². The lowest BCUT2D eigenvalue weighted by Crippen LogP contribution is -2.27. The number of fused-ring (bicyclic) bond motifs is 1. The predicted molar refractivity (Wildman–Crippen MR) is 128 cm³/mol. The van der Waals surface area contributed by atoms with Gasteiger partial charge in [0.05, 0.1) is 33.6 Å². The minimum atomic E-state index is -3.53. The molecule has 1 N–H and O–H groups in total. The zero-order valence-electron chi connectivity index (χ0n) is 18.6. The van der Waals surface area contributed by atoms with Crippen LogP contribution in [0.25, 0.3) is 15.9 Å². The molecule has 34 heavy (non-hydrogen) atoms. The maximum atomic E-state index is 12.9. The van der Waals surface area contributed by atoms with Gasteiger partial charge in [-0.05, 0) is 50.1 Å². The summed E-state index contributed by atoms with van der Waals surface area (Å²) < 4.78 is 34.7. The summed E-state index contributed by atoms with van der Waals surface area (Å²) in [5.41, 5.74) is 2.05. The highest BCUT2D eigenvalue weighted by Crippen LogP contribution is 2.30. The Morgan fingerprint density at radius 2 is 1.94 bits per heavy atom. The molecule has 1 fully saturated rings. The number of ether oxygens (including phenoxy) is 1. The Labute approximate surface area is 200 Å². The van der Waals surface area contributed by atoms with Gasteiger partial charge in [0, 0.05) is 19.2 Å². The molecule has 0 spiro atoms. The average molecular weight is 499 g/mol. The van der Waals surface area contributed by atoms with Crippen LogP contribution in [0.3, 0.4) is 0 Å². The van der Waals surface area contributed by atoms with Crippen molar-refractivity contribution >= 4 is 42.6 Å². The zero-order chi connectivity index (χ0) is 23.9. The Balaban J connectivity index is 1.38. The molecule has 0 bridgehead atoms. The summed E-state index contributed by atoms with van der Waals surface area (Å²) in [7, 11) is -1.95. The van der Waals surface area contributed by atoms with E-state index in [0.29, 0.717) is 39.9 Å². The van der Waals surface area contributed by atoms with E-state index in [1.807, 2.05) is 18.2 Å². The first-order valence-electron chi connectivity index (χ1n) is 10.7. The molecular weight excluding hydrogens is 476 g/mol. The van der Waals surface area contributed by atoms with Gasteiger partial charge in [0.1, 0.15) is 5.75 Å². The molecule has 0 unspecified atom stereocenters. The van der Waals surface area contributed by atoms with E-state index in [9.17, 15) is 13.2 Å². The highest BCUT2D eigenvalue weighted by atomic mass is 32.2. The van der Waals surface area contributed by atoms with E-state index in [2.05, 4.69) is 20.6 Å². The van der Waals surface area contributed by atoms with Gasteiger partial charge in [-0.3, -0.25) is 10.1 Å². The first-order valence-corrected chi connectivity index (χ1v) is 12.9. The zero-order valence-corrected chi connectivity index (χ0v) is 20.2. The van der Waals surface area contributed by atoms with Crippen LogP contribution in [-0.2, 0) is 10.0 Å². The lowest BCUT2D eigenvalue weighted by molar-refractivity contribution is 0.102. The third kappa shape index (κ3) is 4.04. The van der Waals surface area contributed by atoms with E-state index < -0.39 is 15.9 Å². The smallest absolute Gasteiger partial charge is 0.279 e. The molecule has 4 aromatic rings. The fourth-order valence-corrected chi connectivity index (χ4v) is 6.40. The third-order valence-corrected chi connectivity index (χ3v) is 8.52. The average Bonchev–Trinajstić information content (AvgIpc) is 3.58. The SMILES string of the molecule is COc1cccc(-n2nnc(C(=O)Nc3nc4ccc(S(=O)(=O)N5CCCC5)cc4s3)c2C)c1. The highest BCUT2D eigenvalue weighted by Gasteiger charge is 2.27. The number of benzene rings is 2. The number of carbonyl (C=O) groups excluding carboxylic acids is 1. The van der Waals surface area contributed by atoms with Gasteiger partial charge in [-0.25, -0.2) is 18.1 Å². The van der Waals surface area contributed by atoms with Crippen LogP contribution in [0.1, 0.15) is 29.0 Å². The molecule has 1 amide bonds. The fourth-order valence-electron chi connectivity index (χ4n) is 3.88. The first kappa shape index (κ1) is 22.4. The van der Waals surface area contributed by atoms with Gasteiger partial charge in [0.25, 0.3) is 5.91 Å². The fraction of sp³-hybridized carbons (Fsp3) is 0.273. The van der Waals surface area contributed by atoms with Crippen molar-refractivity contribution < 1.29 is 17.9 Å². The first-order chi connectivity index (χ1) is 16.4. The molecule has 0 radical (unpaired) electrons. The number of rotatable bonds is 6. The summed E-state index contributed by atoms with van der Waals surface area (Å²) in [5, 5.41) is 11.3. The van der Waals surface area contributed by atoms with E-state index in [-0.39, 0.29) is 10.6 Å². The molecule has 1 aliphatic heterocycles. The second-order valence-corrected chi connectivity index (χ2v) is 10.8. The number of anilines is 1. The summed E-state index contributed by atoms with van der Waals surface area (Å²) >= 11 is 1.21. The minimum absolute atomic E-state index is 0.166. The minimum Gasteiger partial charge on any atom is -0.497 e. The summed E-state index contributed by atoms with van der Waals surface area (Å²) in [6.07, 6.45) is 1.75. The van der Waals surface area contributed by atoms with E-state index in [4.69, 9.17) is 4.74 Å². The number of methoxy groups -OCH3 is 1. The molecule has 176 valence electrons. The molecule has 0 saturated carbocycles. The molecule has 1 saturated heterocycles. The van der Waals surface area contributed by atoms with Crippen molar-refractivity contribution in [2.75, 3.05) is 25.5 Å². The number of aromatic nitrogens is 4. The summed E-state index contributed by atoms with van der Waals surface area (Å²) in [6.45, 7) is 2.84. The van der Waals surface area contributed by atoms with Crippen LogP contribution >= 0.6 is 11.3 Å². The largest absolute Gasteiger partial charge is 0.497 e. The normalized spacial score (nSPS) is 14.5. The Morgan fingerprint density at radius 3 is 2.71 bits per heavy atom. The molecule has 2 aromatic heterocycles. The molecule has 0 atom stereocenters. The standard InChI is InChI=1S/C22H22N6O4S2/c1-14-20(25-26-28(14)15-6-5-7-16(12-15)32-2)21(29)24-22-23-18-9-8-17(13-19(18)33-22)34(30,31)27-10-3-4-11-27/h5-9,12-13H,3-4,10-11H2,1-2H3,(H,23,24,29). The van der Waals surface area contributed by atoms with Crippen LogP contribution in [0.15, 0.2) is 47.4 Å². The quantitative estimate of drug-likeness (QED) is 0.433. The van der Waals surface area contributed by atoms with E-state index in [1.54, 1.807) is 43.0 Å². The topological polar surface area (TPSA) is 119 Å². The lowest BCUT2D eigenvalue weighted by atomic mass is 10.2. The number of amides is 1. The summed E-state index contributed by atoms with van der Waals surface area (Å²) in [5.74, 6) is 0.217. The monoisotopic (exact) mass is 498 g/mol. The van der Waals surface area contributed by atoms with Crippen molar-refractivity contribution in [2.24, 2.45) is 0 Å². The maximum absolute atomic E-state index is 12.9. The van der Waals surface area contributed by atoms with Crippen molar-refractivity contribution in [1.29, 1.82) is 0 Å². The van der Waals surface area contributed by atoms with Gasteiger partial charge < -0.3 is 4.74 Å². The van der Waals surface area contributed by atoms with Crippen molar-refractivity contribution in [2.45, 2.75) is 24.7 Å². The summed E-state index contributed by atoms with van der Waals surface area (Å²) in [6, 6.07) is 12.1. The highest BCUT2D eigenvalue weighted by molar-refractivity contribution is 7.89. The molecule has 2 aromatic carbocycles. The van der Waals surface area contributed by atoms with Crippen LogP contribution < -0.4 is 10.1 Å². The van der Waals surface area contributed by atoms with Crippen LogP contribution in [0.2, 0.25) is 0 Å². The van der Waals surface area contributed by atoms with Gasteiger partial charge in [-0.2, -0.15) is 4.31 Å². The third-order valence-electron chi connectivity index (χ3n) is 5.69. The van der Waals surface area contributed by atoms with E-state index in [1.165, 1.54) is 15.6 Å². The Kier molecular flexibility index (Phi) is 5.80. The van der Waals surface area contributed by atoms with Crippen LogP contribution in [0, 0.1) is 6.92 Å². The number of hydrogen-bond donors (Lipinski definition) is 1.